The van der Waals surface area contributed by atoms with Crippen molar-refractivity contribution in [2.75, 3.05) is 24.5 Å². The molecule has 1 fully saturated rings. The van der Waals surface area contributed by atoms with Gasteiger partial charge in [0.1, 0.15) is 11.9 Å². The van der Waals surface area contributed by atoms with Crippen LogP contribution in [0.5, 0.6) is 0 Å². The van der Waals surface area contributed by atoms with Gasteiger partial charge in [0.25, 0.3) is 0 Å². The average Bonchev–Trinajstić information content (AvgIpc) is 3.45. The Labute approximate surface area is 193 Å². The number of anilines is 1. The highest BCUT2D eigenvalue weighted by molar-refractivity contribution is 7.89. The van der Waals surface area contributed by atoms with Gasteiger partial charge in [-0.25, -0.2) is 12.8 Å². The summed E-state index contributed by atoms with van der Waals surface area (Å²) in [5.74, 6) is -0.166. The van der Waals surface area contributed by atoms with Gasteiger partial charge in [-0.05, 0) is 54.0 Å². The highest BCUT2D eigenvalue weighted by Gasteiger charge is 2.29. The first-order chi connectivity index (χ1) is 15.4. The number of hydrogen-bond acceptors (Lipinski definition) is 5. The summed E-state index contributed by atoms with van der Waals surface area (Å²) in [5.41, 5.74) is 1.98. The molecule has 0 radical (unpaired) electrons. The van der Waals surface area contributed by atoms with Crippen LogP contribution in [0.4, 0.5) is 10.1 Å². The normalized spacial score (nSPS) is 17.8. The Morgan fingerprint density at radius 1 is 1.22 bits per heavy atom. The fourth-order valence-corrected chi connectivity index (χ4v) is 6.97. The summed E-state index contributed by atoms with van der Waals surface area (Å²) in [6.45, 7) is 1.78. The molecule has 1 aromatic carbocycles. The third-order valence-corrected chi connectivity index (χ3v) is 8.73. The van der Waals surface area contributed by atoms with Gasteiger partial charge in [0.2, 0.25) is 15.9 Å². The Hall–Kier alpha value is -1.97. The lowest BCUT2D eigenvalue weighted by molar-refractivity contribution is -0.123. The van der Waals surface area contributed by atoms with E-state index in [9.17, 15) is 17.6 Å². The molecule has 174 valence electrons. The van der Waals surface area contributed by atoms with E-state index in [0.29, 0.717) is 25.4 Å². The third kappa shape index (κ3) is 5.68. The van der Waals surface area contributed by atoms with E-state index in [1.807, 2.05) is 0 Å². The van der Waals surface area contributed by atoms with Gasteiger partial charge < -0.3 is 10.2 Å². The summed E-state index contributed by atoms with van der Waals surface area (Å²) in [6, 6.07) is 5.56. The Bertz CT molecular complexity index is 1020. The number of nitrogens with one attached hydrogen (secondary N) is 2. The molecule has 2 aliphatic rings. The van der Waals surface area contributed by atoms with E-state index >= 15 is 0 Å². The Morgan fingerprint density at radius 3 is 2.78 bits per heavy atom. The average molecular weight is 480 g/mol. The number of hydrogen-bond donors (Lipinski definition) is 2. The molecule has 2 heterocycles. The molecular formula is C23H30FN3O3S2. The van der Waals surface area contributed by atoms with Crippen LogP contribution in [0.25, 0.3) is 0 Å². The van der Waals surface area contributed by atoms with Gasteiger partial charge in [-0.2, -0.15) is 16.1 Å². The molecule has 1 amide bonds. The SMILES string of the molecule is O=C(NCCN1CCc2cc(F)ccc21)[C@H](CC1CCCCC1)NS(=O)(=O)c1ccsc1. The van der Waals surface area contributed by atoms with Crippen molar-refractivity contribution in [2.24, 2.45) is 5.92 Å². The first kappa shape index (κ1) is 23.2. The molecule has 0 saturated heterocycles. The number of carbonyl (C=O) groups excluding carboxylic acids is 1. The van der Waals surface area contributed by atoms with Gasteiger partial charge >= 0.3 is 0 Å². The molecule has 6 nitrogen and oxygen atoms in total. The lowest BCUT2D eigenvalue weighted by Crippen LogP contribution is -2.49. The standard InChI is InChI=1S/C23H30FN3O3S2/c24-19-6-7-22-18(15-19)8-11-27(22)12-10-25-23(28)21(14-17-4-2-1-3-5-17)26-32(29,30)20-9-13-31-16-20/h6-7,9,13,15-17,21,26H,1-5,8,10-12,14H2,(H,25,28)/t21-/m0/s1. The predicted octanol–water partition coefficient (Wildman–Crippen LogP) is 3.68. The van der Waals surface area contributed by atoms with Crippen LogP contribution in [0.3, 0.4) is 0 Å². The number of sulfonamides is 1. The molecule has 4 rings (SSSR count). The summed E-state index contributed by atoms with van der Waals surface area (Å²) in [6.07, 6.45) is 6.83. The van der Waals surface area contributed by atoms with Crippen molar-refractivity contribution < 1.29 is 17.6 Å². The van der Waals surface area contributed by atoms with Crippen LogP contribution < -0.4 is 14.9 Å². The molecule has 1 aromatic heterocycles. The zero-order valence-electron chi connectivity index (χ0n) is 18.1. The topological polar surface area (TPSA) is 78.5 Å². The Kier molecular flexibility index (Phi) is 7.48. The van der Waals surface area contributed by atoms with Crippen LogP contribution in [0, 0.1) is 11.7 Å². The predicted molar refractivity (Wildman–Crippen MR) is 125 cm³/mol. The smallest absolute Gasteiger partial charge is 0.242 e. The lowest BCUT2D eigenvalue weighted by atomic mass is 9.85. The number of rotatable bonds is 9. The van der Waals surface area contributed by atoms with E-state index in [2.05, 4.69) is 14.9 Å². The van der Waals surface area contributed by atoms with Crippen molar-refractivity contribution in [3.8, 4) is 0 Å². The fraction of sp³-hybridized carbons (Fsp3) is 0.522. The first-order valence-corrected chi connectivity index (χ1v) is 13.7. The van der Waals surface area contributed by atoms with Crippen LogP contribution >= 0.6 is 11.3 Å². The van der Waals surface area contributed by atoms with Crippen molar-refractivity contribution in [1.82, 2.24) is 10.0 Å². The lowest BCUT2D eigenvalue weighted by Gasteiger charge is -2.27. The van der Waals surface area contributed by atoms with Crippen molar-refractivity contribution >= 4 is 33.0 Å². The van der Waals surface area contributed by atoms with E-state index in [1.54, 1.807) is 29.0 Å². The van der Waals surface area contributed by atoms with Crippen LogP contribution in [0.1, 0.15) is 44.1 Å². The Morgan fingerprint density at radius 2 is 2.03 bits per heavy atom. The third-order valence-electron chi connectivity index (χ3n) is 6.43. The summed E-state index contributed by atoms with van der Waals surface area (Å²) in [4.78, 5) is 15.3. The molecule has 9 heteroatoms. The summed E-state index contributed by atoms with van der Waals surface area (Å²) in [7, 11) is -3.74. The first-order valence-electron chi connectivity index (χ1n) is 11.3. The van der Waals surface area contributed by atoms with E-state index in [1.165, 1.54) is 23.8 Å². The van der Waals surface area contributed by atoms with Crippen LogP contribution in [-0.4, -0.2) is 40.0 Å². The van der Waals surface area contributed by atoms with Crippen LogP contribution in [-0.2, 0) is 21.2 Å². The highest BCUT2D eigenvalue weighted by Crippen LogP contribution is 2.29. The molecule has 2 aromatic rings. The minimum atomic E-state index is -3.74. The minimum absolute atomic E-state index is 0.199. The largest absolute Gasteiger partial charge is 0.369 e. The molecule has 2 N–H and O–H groups in total. The maximum Gasteiger partial charge on any atom is 0.242 e. The zero-order chi connectivity index (χ0) is 22.6. The van der Waals surface area contributed by atoms with Crippen molar-refractivity contribution in [2.45, 2.75) is 55.9 Å². The number of nitrogens with zero attached hydrogens (tertiary/aromatic N) is 1. The molecule has 1 atom stereocenters. The second kappa shape index (κ2) is 10.3. The molecule has 0 bridgehead atoms. The number of thiophene rings is 1. The summed E-state index contributed by atoms with van der Waals surface area (Å²) in [5, 5.41) is 6.22. The van der Waals surface area contributed by atoms with Crippen LogP contribution in [0.2, 0.25) is 0 Å². The quantitative estimate of drug-likeness (QED) is 0.575. The maximum atomic E-state index is 13.4. The van der Waals surface area contributed by atoms with E-state index in [4.69, 9.17) is 0 Å². The molecule has 32 heavy (non-hydrogen) atoms. The monoisotopic (exact) mass is 479 g/mol. The van der Waals surface area contributed by atoms with Gasteiger partial charge in [0.15, 0.2) is 0 Å². The molecule has 1 aliphatic carbocycles. The molecule has 1 aliphatic heterocycles. The molecule has 0 unspecified atom stereocenters. The minimum Gasteiger partial charge on any atom is -0.369 e. The van der Waals surface area contributed by atoms with E-state index in [-0.39, 0.29) is 16.6 Å². The van der Waals surface area contributed by atoms with Gasteiger partial charge in [-0.3, -0.25) is 4.79 Å². The number of benzene rings is 1. The van der Waals surface area contributed by atoms with Gasteiger partial charge in [0.05, 0.1) is 4.90 Å². The molecule has 0 spiro atoms. The summed E-state index contributed by atoms with van der Waals surface area (Å²) >= 11 is 1.31. The number of amides is 1. The number of halogens is 1. The van der Waals surface area contributed by atoms with E-state index < -0.39 is 16.1 Å². The van der Waals surface area contributed by atoms with Gasteiger partial charge in [-0.15, -0.1) is 0 Å². The van der Waals surface area contributed by atoms with E-state index in [0.717, 1.165) is 49.9 Å². The van der Waals surface area contributed by atoms with Crippen molar-refractivity contribution in [1.29, 1.82) is 0 Å². The second-order valence-corrected chi connectivity index (χ2v) is 11.2. The summed E-state index contributed by atoms with van der Waals surface area (Å²) < 4.78 is 41.6. The van der Waals surface area contributed by atoms with Gasteiger partial charge in [-0.1, -0.05) is 32.1 Å². The molecule has 1 saturated carbocycles. The highest BCUT2D eigenvalue weighted by atomic mass is 32.2. The molecular weight excluding hydrogens is 449 g/mol. The zero-order valence-corrected chi connectivity index (χ0v) is 19.7. The Balaban J connectivity index is 1.37. The van der Waals surface area contributed by atoms with Crippen molar-refractivity contribution in [3.05, 3.63) is 46.4 Å². The second-order valence-electron chi connectivity index (χ2n) is 8.67. The van der Waals surface area contributed by atoms with Crippen molar-refractivity contribution in [3.63, 3.8) is 0 Å². The number of carbonyl (C=O) groups is 1. The fourth-order valence-electron chi connectivity index (χ4n) is 4.73. The van der Waals surface area contributed by atoms with Crippen LogP contribution in [0.15, 0.2) is 39.9 Å². The maximum absolute atomic E-state index is 13.4. The van der Waals surface area contributed by atoms with Gasteiger partial charge in [0, 0.05) is 30.7 Å². The number of fused-ring (bicyclic) bond motifs is 1.